The summed E-state index contributed by atoms with van der Waals surface area (Å²) in [6.07, 6.45) is 4.79. The van der Waals surface area contributed by atoms with Crippen LogP contribution in [0.15, 0.2) is 65.4 Å². The third-order valence-electron chi connectivity index (χ3n) is 5.27. The van der Waals surface area contributed by atoms with Crippen LogP contribution < -0.4 is 9.53 Å². The van der Waals surface area contributed by atoms with Crippen molar-refractivity contribution in [3.63, 3.8) is 0 Å². The van der Waals surface area contributed by atoms with Crippen molar-refractivity contribution in [3.05, 3.63) is 71.0 Å². The third kappa shape index (κ3) is 4.79. The molecule has 4 aromatic rings. The van der Waals surface area contributed by atoms with Crippen LogP contribution in [0.3, 0.4) is 0 Å². The van der Waals surface area contributed by atoms with Crippen LogP contribution in [0.1, 0.15) is 5.56 Å². The van der Waals surface area contributed by atoms with Gasteiger partial charge in [-0.2, -0.15) is 0 Å². The molecule has 0 aliphatic rings. The minimum absolute atomic E-state index is 0.429. The number of para-hydroxylation sites is 1. The molecule has 4 rings (SSSR count). The molecule has 0 amide bonds. The Morgan fingerprint density at radius 1 is 1.06 bits per heavy atom. The van der Waals surface area contributed by atoms with Crippen LogP contribution >= 0.6 is 15.9 Å². The first-order valence-corrected chi connectivity index (χ1v) is 11.0. The van der Waals surface area contributed by atoms with E-state index in [4.69, 9.17) is 0 Å². The number of aromatic nitrogens is 2. The Hall–Kier alpha value is -3.17. The maximum Gasteiger partial charge on any atom is 0.397 e. The van der Waals surface area contributed by atoms with Gasteiger partial charge in [0.25, 0.3) is 0 Å². The zero-order valence-corrected chi connectivity index (χ0v) is 19.4. The fourth-order valence-corrected chi connectivity index (χ4v) is 4.40. The van der Waals surface area contributed by atoms with E-state index in [1.165, 1.54) is 19.6 Å². The van der Waals surface area contributed by atoms with Crippen molar-refractivity contribution in [2.45, 2.75) is 13.4 Å². The van der Waals surface area contributed by atoms with Gasteiger partial charge in [0.2, 0.25) is 0 Å². The molecule has 0 unspecified atom stereocenters. The fourth-order valence-electron chi connectivity index (χ4n) is 3.75. The lowest BCUT2D eigenvalue weighted by Crippen LogP contribution is -2.41. The van der Waals surface area contributed by atoms with Gasteiger partial charge in [-0.15, -0.1) is 0 Å². The van der Waals surface area contributed by atoms with Gasteiger partial charge in [-0.3, -0.25) is 4.98 Å². The molecule has 0 saturated heterocycles. The number of anilines is 2. The van der Waals surface area contributed by atoms with Crippen LogP contribution in [0, 0.1) is 0 Å². The number of hydrogen-bond donors (Lipinski definition) is 1. The van der Waals surface area contributed by atoms with E-state index < -0.39 is 7.05 Å². The minimum Gasteiger partial charge on any atom is -0.433 e. The summed E-state index contributed by atoms with van der Waals surface area (Å²) in [4.78, 5) is 33.2. The van der Waals surface area contributed by atoms with E-state index in [1.807, 2.05) is 53.3 Å². The maximum absolute atomic E-state index is 11.4. The second kappa shape index (κ2) is 10.2. The van der Waals surface area contributed by atoms with E-state index in [0.29, 0.717) is 23.0 Å². The second-order valence-corrected chi connectivity index (χ2v) is 8.19. The molecule has 0 fully saturated rings. The van der Waals surface area contributed by atoms with Gasteiger partial charge >= 0.3 is 21.9 Å². The summed E-state index contributed by atoms with van der Waals surface area (Å²) in [5.41, 5.74) is 2.69. The zero-order chi connectivity index (χ0) is 23.4. The van der Waals surface area contributed by atoms with Crippen molar-refractivity contribution in [2.75, 3.05) is 9.53 Å². The summed E-state index contributed by atoms with van der Waals surface area (Å²) in [6, 6.07) is 15.6. The van der Waals surface area contributed by atoms with Crippen molar-refractivity contribution in [1.29, 1.82) is 0 Å². The Bertz CT molecular complexity index is 1320. The lowest BCUT2D eigenvalue weighted by molar-refractivity contribution is 0.566. The van der Waals surface area contributed by atoms with E-state index >= 15 is 0 Å². The molecule has 0 saturated carbocycles. The lowest BCUT2D eigenvalue weighted by atomic mass is 9.73. The highest BCUT2D eigenvalue weighted by Crippen LogP contribution is 2.33. The van der Waals surface area contributed by atoms with E-state index in [1.54, 1.807) is 19.2 Å². The highest BCUT2D eigenvalue weighted by molar-refractivity contribution is 9.10. The predicted octanol–water partition coefficient (Wildman–Crippen LogP) is 3.09. The zero-order valence-electron chi connectivity index (χ0n) is 17.8. The number of carbonyl (C=O) groups is 2. The second-order valence-electron chi connectivity index (χ2n) is 7.40. The molecular formula is C22H18B3BrN4O3. The Morgan fingerprint density at radius 3 is 2.61 bits per heavy atom. The molecule has 2 aromatic carbocycles. The van der Waals surface area contributed by atoms with E-state index in [2.05, 4.69) is 25.9 Å². The quantitative estimate of drug-likeness (QED) is 0.280. The van der Waals surface area contributed by atoms with Crippen LogP contribution in [0.25, 0.3) is 21.7 Å². The van der Waals surface area contributed by atoms with Gasteiger partial charge in [-0.25, -0.2) is 4.98 Å². The molecule has 2 heterocycles. The monoisotopic (exact) mass is 498 g/mol. The number of pyridine rings is 2. The van der Waals surface area contributed by atoms with Crippen LogP contribution in [0.5, 0.6) is 0 Å². The Morgan fingerprint density at radius 2 is 1.85 bits per heavy atom. The predicted molar refractivity (Wildman–Crippen MR) is 139 cm³/mol. The molecule has 0 aliphatic heterocycles. The van der Waals surface area contributed by atoms with Crippen molar-refractivity contribution in [2.24, 2.45) is 0 Å². The Labute approximate surface area is 201 Å². The molecular weight excluding hydrogens is 481 g/mol. The molecule has 2 aromatic heterocycles. The Kier molecular flexibility index (Phi) is 7.10. The number of fused-ring (bicyclic) bond motifs is 2. The van der Waals surface area contributed by atoms with Crippen LogP contribution in [-0.2, 0) is 16.1 Å². The Balaban J connectivity index is 1.74. The normalized spacial score (nSPS) is 10.6. The van der Waals surface area contributed by atoms with Gasteiger partial charge in [-0.05, 0) is 46.5 Å². The molecule has 160 valence electrons. The first-order valence-electron chi connectivity index (χ1n) is 10.2. The van der Waals surface area contributed by atoms with Crippen molar-refractivity contribution < 1.29 is 14.6 Å². The largest absolute Gasteiger partial charge is 0.433 e. The average molecular weight is 499 g/mol. The minimum atomic E-state index is -0.933. The molecule has 1 N–H and O–H groups in total. The SMILES string of the molecule is CB(O)N([B]C=O)c1ncc2ccc(CN([B]C=O)c3ccnc4ccccc34)cc2c1Br. The van der Waals surface area contributed by atoms with E-state index in [-0.39, 0.29) is 0 Å². The standard InChI is InChI=1S/C22H18B3BrN4O3/c1-25(33)30(24-14-32)22-21(26)18-10-15(6-7-16(18)11-28-22)12-29(23-13-31)20-8-9-27-19-5-3-2-4-17(19)20/h2-11,13-14,33H,12H2,1H3. The van der Waals surface area contributed by atoms with Gasteiger partial charge in [0.1, 0.15) is 18.2 Å². The maximum atomic E-state index is 11.4. The smallest absolute Gasteiger partial charge is 0.397 e. The van der Waals surface area contributed by atoms with Gasteiger partial charge in [0.15, 0.2) is 0 Å². The first kappa shape index (κ1) is 23.0. The number of rotatable bonds is 9. The summed E-state index contributed by atoms with van der Waals surface area (Å²) in [7, 11) is 1.81. The summed E-state index contributed by atoms with van der Waals surface area (Å²) in [6.45, 7) is 2.01. The average Bonchev–Trinajstić information content (AvgIpc) is 2.83. The summed E-state index contributed by atoms with van der Waals surface area (Å²) >= 11 is 3.59. The molecule has 0 aliphatic carbocycles. The molecule has 0 bridgehead atoms. The van der Waals surface area contributed by atoms with Crippen LogP contribution in [0.2, 0.25) is 6.82 Å². The van der Waals surface area contributed by atoms with Crippen LogP contribution in [-0.4, -0.2) is 49.2 Å². The van der Waals surface area contributed by atoms with Gasteiger partial charge in [0.05, 0.1) is 9.99 Å². The van der Waals surface area contributed by atoms with Crippen molar-refractivity contribution in [3.8, 4) is 0 Å². The lowest BCUT2D eigenvalue weighted by Gasteiger charge is -2.25. The number of nitrogens with zero attached hydrogens (tertiary/aromatic N) is 4. The topological polar surface area (TPSA) is 86.6 Å². The van der Waals surface area contributed by atoms with Crippen LogP contribution in [0.4, 0.5) is 11.5 Å². The van der Waals surface area contributed by atoms with Gasteiger partial charge < -0.3 is 24.1 Å². The molecule has 11 heteroatoms. The molecule has 0 spiro atoms. The number of carbonyl (C=O) groups excluding carboxylic acids is 2. The number of benzene rings is 2. The summed E-state index contributed by atoms with van der Waals surface area (Å²) in [5.74, 6) is 0.429. The molecule has 33 heavy (non-hydrogen) atoms. The highest BCUT2D eigenvalue weighted by atomic mass is 79.9. The first-order chi connectivity index (χ1) is 16.0. The molecule has 2 radical (unpaired) electrons. The molecule has 0 atom stereocenters. The van der Waals surface area contributed by atoms with Gasteiger partial charge in [-0.1, -0.05) is 30.3 Å². The summed E-state index contributed by atoms with van der Waals surface area (Å²) in [5, 5.41) is 12.8. The van der Waals surface area contributed by atoms with E-state index in [9.17, 15) is 14.6 Å². The number of halogens is 1. The van der Waals surface area contributed by atoms with E-state index in [0.717, 1.165) is 39.1 Å². The highest BCUT2D eigenvalue weighted by Gasteiger charge is 2.22. The molecule has 7 nitrogen and oxygen atoms in total. The van der Waals surface area contributed by atoms with Crippen molar-refractivity contribution in [1.82, 2.24) is 9.97 Å². The van der Waals surface area contributed by atoms with Gasteiger partial charge in [0, 0.05) is 40.8 Å². The van der Waals surface area contributed by atoms with Crippen molar-refractivity contribution >= 4 is 83.4 Å². The fraction of sp³-hybridized carbons (Fsp3) is 0.0909. The summed E-state index contributed by atoms with van der Waals surface area (Å²) < 4.78 is 2.04. The number of hydrogen-bond acceptors (Lipinski definition) is 7. The third-order valence-corrected chi connectivity index (χ3v) is 6.06.